The first-order chi connectivity index (χ1) is 12.7. The van der Waals surface area contributed by atoms with Crippen LogP contribution in [0, 0.1) is 5.82 Å². The highest BCUT2D eigenvalue weighted by atomic mass is 32.2. The molecule has 0 fully saturated rings. The maximum Gasteiger partial charge on any atom is 0.253 e. The maximum atomic E-state index is 13.8. The molecule has 6 nitrogen and oxygen atoms in total. The zero-order chi connectivity index (χ0) is 20.0. The Morgan fingerprint density at radius 3 is 2.26 bits per heavy atom. The van der Waals surface area contributed by atoms with Crippen LogP contribution in [0.4, 0.5) is 15.8 Å². The number of carbonyl (C=O) groups is 1. The largest absolute Gasteiger partial charge is 0.372 e. The van der Waals surface area contributed by atoms with Crippen molar-refractivity contribution >= 4 is 27.3 Å². The van der Waals surface area contributed by atoms with Crippen molar-refractivity contribution in [1.29, 1.82) is 0 Å². The number of benzene rings is 2. The maximum absolute atomic E-state index is 13.8. The summed E-state index contributed by atoms with van der Waals surface area (Å²) < 4.78 is 38.4. The van der Waals surface area contributed by atoms with E-state index in [0.717, 1.165) is 10.6 Å². The topological polar surface area (TPSA) is 69.7 Å². The van der Waals surface area contributed by atoms with E-state index in [1.807, 2.05) is 0 Å². The van der Waals surface area contributed by atoms with Gasteiger partial charge in [0.05, 0.1) is 23.2 Å². The molecule has 0 aliphatic carbocycles. The third kappa shape index (κ3) is 5.43. The number of amides is 1. The average Bonchev–Trinajstić information content (AvgIpc) is 2.64. The van der Waals surface area contributed by atoms with E-state index in [1.54, 1.807) is 54.4 Å². The Hall–Kier alpha value is -2.61. The van der Waals surface area contributed by atoms with Crippen LogP contribution in [-0.2, 0) is 10.0 Å². The predicted octanol–water partition coefficient (Wildman–Crippen LogP) is 2.48. The predicted molar refractivity (Wildman–Crippen MR) is 106 cm³/mol. The van der Waals surface area contributed by atoms with Crippen molar-refractivity contribution in [2.45, 2.75) is 6.42 Å². The number of hydrogen-bond donors (Lipinski definition) is 1. The van der Waals surface area contributed by atoms with E-state index in [0.29, 0.717) is 30.9 Å². The van der Waals surface area contributed by atoms with Crippen LogP contribution in [0.1, 0.15) is 16.8 Å². The smallest absolute Gasteiger partial charge is 0.253 e. The van der Waals surface area contributed by atoms with Crippen LogP contribution in [0.25, 0.3) is 0 Å². The Balaban J connectivity index is 1.94. The lowest BCUT2D eigenvalue weighted by Gasteiger charge is -2.21. The van der Waals surface area contributed by atoms with Gasteiger partial charge in [-0.1, -0.05) is 24.3 Å². The van der Waals surface area contributed by atoms with Crippen LogP contribution in [0.15, 0.2) is 48.5 Å². The fourth-order valence-electron chi connectivity index (χ4n) is 2.61. The van der Waals surface area contributed by atoms with E-state index in [1.165, 1.54) is 13.1 Å². The molecule has 0 saturated heterocycles. The van der Waals surface area contributed by atoms with Gasteiger partial charge in [-0.25, -0.2) is 12.8 Å². The molecule has 8 heteroatoms. The normalized spacial score (nSPS) is 11.1. The quantitative estimate of drug-likeness (QED) is 0.700. The molecule has 0 heterocycles. The highest BCUT2D eigenvalue weighted by Gasteiger charge is 2.19. The number of nitrogens with zero attached hydrogens (tertiary/aromatic N) is 2. The summed E-state index contributed by atoms with van der Waals surface area (Å²) in [6.45, 7) is 0.945. The van der Waals surface area contributed by atoms with Crippen molar-refractivity contribution in [3.63, 3.8) is 0 Å². The monoisotopic (exact) mass is 393 g/mol. The van der Waals surface area contributed by atoms with Gasteiger partial charge in [-0.05, 0) is 30.7 Å². The van der Waals surface area contributed by atoms with Crippen molar-refractivity contribution in [1.82, 2.24) is 5.32 Å². The van der Waals surface area contributed by atoms with Gasteiger partial charge in [0.2, 0.25) is 10.0 Å². The second-order valence-corrected chi connectivity index (χ2v) is 8.24. The summed E-state index contributed by atoms with van der Waals surface area (Å²) in [5.41, 5.74) is 1.11. The molecule has 0 spiro atoms. The highest BCUT2D eigenvalue weighted by Crippen LogP contribution is 2.21. The van der Waals surface area contributed by atoms with Crippen LogP contribution in [0.3, 0.4) is 0 Å². The molecule has 1 amide bonds. The minimum atomic E-state index is -3.47. The third-order valence-electron chi connectivity index (χ3n) is 4.20. The summed E-state index contributed by atoms with van der Waals surface area (Å²) in [6.07, 6.45) is 1.70. The van der Waals surface area contributed by atoms with E-state index in [4.69, 9.17) is 0 Å². The fraction of sp³-hybridized carbons (Fsp3) is 0.316. The van der Waals surface area contributed by atoms with E-state index in [-0.39, 0.29) is 17.3 Å². The number of carbonyl (C=O) groups excluding carboxylic acids is 1. The van der Waals surface area contributed by atoms with Crippen molar-refractivity contribution in [2.75, 3.05) is 42.6 Å². The Kier molecular flexibility index (Phi) is 6.79. The molecule has 0 aliphatic rings. The average molecular weight is 393 g/mol. The summed E-state index contributed by atoms with van der Waals surface area (Å²) in [5, 5.41) is 2.79. The molecule has 0 atom stereocenters. The molecular formula is C19H24FN3O3S. The number of hydrogen-bond acceptors (Lipinski definition) is 4. The van der Waals surface area contributed by atoms with Gasteiger partial charge in [-0.2, -0.15) is 0 Å². The second kappa shape index (κ2) is 8.85. The van der Waals surface area contributed by atoms with Gasteiger partial charge >= 0.3 is 0 Å². The number of anilines is 2. The van der Waals surface area contributed by atoms with E-state index < -0.39 is 10.0 Å². The van der Waals surface area contributed by atoms with Gasteiger partial charge in [-0.15, -0.1) is 0 Å². The first-order valence-corrected chi connectivity index (χ1v) is 10.3. The van der Waals surface area contributed by atoms with E-state index in [2.05, 4.69) is 5.32 Å². The van der Waals surface area contributed by atoms with Gasteiger partial charge in [0.25, 0.3) is 5.91 Å². The molecule has 0 aliphatic heterocycles. The Bertz CT molecular complexity index is 903. The molecule has 0 saturated carbocycles. The molecular weight excluding hydrogens is 369 g/mol. The summed E-state index contributed by atoms with van der Waals surface area (Å²) in [6, 6.07) is 13.0. The Morgan fingerprint density at radius 1 is 1.04 bits per heavy atom. The molecule has 2 aromatic rings. The van der Waals surface area contributed by atoms with Crippen molar-refractivity contribution in [3.05, 3.63) is 59.9 Å². The molecule has 0 unspecified atom stereocenters. The van der Waals surface area contributed by atoms with E-state index in [9.17, 15) is 17.6 Å². The van der Waals surface area contributed by atoms with E-state index >= 15 is 0 Å². The lowest BCUT2D eigenvalue weighted by molar-refractivity contribution is 0.0954. The van der Waals surface area contributed by atoms with Gasteiger partial charge in [0, 0.05) is 27.2 Å². The highest BCUT2D eigenvalue weighted by molar-refractivity contribution is 7.92. The van der Waals surface area contributed by atoms with Crippen LogP contribution in [0.5, 0.6) is 0 Å². The van der Waals surface area contributed by atoms with Crippen LogP contribution >= 0.6 is 0 Å². The standard InChI is InChI=1S/C19H24FN3O3S/c1-22(18-12-7-5-10-16(18)20)14-8-13-21-19(24)15-9-4-6-11-17(15)23(2)27(3,25)26/h4-7,9-12H,8,13-14H2,1-3H3,(H,21,24). The summed E-state index contributed by atoms with van der Waals surface area (Å²) in [4.78, 5) is 14.2. The molecule has 0 radical (unpaired) electrons. The molecule has 0 aromatic heterocycles. The molecule has 2 aromatic carbocycles. The molecule has 146 valence electrons. The first kappa shape index (κ1) is 20.7. The van der Waals surface area contributed by atoms with Crippen LogP contribution < -0.4 is 14.5 Å². The first-order valence-electron chi connectivity index (χ1n) is 8.48. The summed E-state index contributed by atoms with van der Waals surface area (Å²) in [7, 11) is -0.276. The lowest BCUT2D eigenvalue weighted by Crippen LogP contribution is -2.31. The molecule has 27 heavy (non-hydrogen) atoms. The van der Waals surface area contributed by atoms with Crippen LogP contribution in [0.2, 0.25) is 0 Å². The van der Waals surface area contributed by atoms with Gasteiger partial charge in [0.15, 0.2) is 0 Å². The lowest BCUT2D eigenvalue weighted by atomic mass is 10.1. The Labute approximate surface area is 159 Å². The number of para-hydroxylation sites is 2. The van der Waals surface area contributed by atoms with Crippen molar-refractivity contribution in [3.8, 4) is 0 Å². The number of rotatable bonds is 8. The fourth-order valence-corrected chi connectivity index (χ4v) is 3.13. The Morgan fingerprint density at radius 2 is 1.63 bits per heavy atom. The van der Waals surface area contributed by atoms with Crippen molar-refractivity contribution in [2.24, 2.45) is 0 Å². The minimum Gasteiger partial charge on any atom is -0.372 e. The number of sulfonamides is 1. The van der Waals surface area contributed by atoms with Gasteiger partial charge in [0.1, 0.15) is 5.82 Å². The zero-order valence-corrected chi connectivity index (χ0v) is 16.5. The van der Waals surface area contributed by atoms with Gasteiger partial charge < -0.3 is 10.2 Å². The molecule has 0 bridgehead atoms. The van der Waals surface area contributed by atoms with Crippen molar-refractivity contribution < 1.29 is 17.6 Å². The summed E-state index contributed by atoms with van der Waals surface area (Å²) in [5.74, 6) is -0.642. The number of halogens is 1. The zero-order valence-electron chi connectivity index (χ0n) is 15.6. The van der Waals surface area contributed by atoms with Gasteiger partial charge in [-0.3, -0.25) is 9.10 Å². The summed E-state index contributed by atoms with van der Waals surface area (Å²) >= 11 is 0. The second-order valence-electron chi connectivity index (χ2n) is 6.23. The number of nitrogens with one attached hydrogen (secondary N) is 1. The minimum absolute atomic E-state index is 0.285. The van der Waals surface area contributed by atoms with Crippen LogP contribution in [-0.4, -0.2) is 47.8 Å². The SMILES string of the molecule is CN(CCCNC(=O)c1ccccc1N(C)S(C)(=O)=O)c1ccccc1F. The molecule has 2 rings (SSSR count). The third-order valence-corrected chi connectivity index (χ3v) is 5.40. The molecule has 1 N–H and O–H groups in total.